The summed E-state index contributed by atoms with van der Waals surface area (Å²) < 4.78 is 21.6. The maximum absolute atomic E-state index is 10.8. The fraction of sp³-hybridized carbons (Fsp3) is 0.538. The lowest BCUT2D eigenvalue weighted by atomic mass is 9.89. The Labute approximate surface area is 105 Å². The van der Waals surface area contributed by atoms with Crippen molar-refractivity contribution in [2.45, 2.75) is 25.0 Å². The summed E-state index contributed by atoms with van der Waals surface area (Å²) in [7, 11) is 0. The monoisotopic (exact) mass is 252 g/mol. The summed E-state index contributed by atoms with van der Waals surface area (Å²) in [5.74, 6) is 0.832. The molecular formula is C13H18NO2S-. The van der Waals surface area contributed by atoms with Crippen molar-refractivity contribution in [3.05, 3.63) is 35.4 Å². The second kappa shape index (κ2) is 6.28. The van der Waals surface area contributed by atoms with Crippen LogP contribution in [0.5, 0.6) is 0 Å². The molecule has 0 amide bonds. The third kappa shape index (κ3) is 3.91. The summed E-state index contributed by atoms with van der Waals surface area (Å²) in [5.41, 5.74) is 2.16. The van der Waals surface area contributed by atoms with E-state index in [4.69, 9.17) is 0 Å². The molecule has 1 atom stereocenters. The molecule has 4 heteroatoms. The van der Waals surface area contributed by atoms with Gasteiger partial charge in [0, 0.05) is 5.75 Å². The standard InChI is InChI=1S/C13H19NO2S/c15-17(16)10-13-4-2-1-3-12(13)9-11-5-7-14-8-6-11/h1-4,11,14H,5-10H2,(H,15,16)/p-1. The fourth-order valence-corrected chi connectivity index (χ4v) is 2.96. The second-order valence-corrected chi connectivity index (χ2v) is 5.51. The average Bonchev–Trinajstić information content (AvgIpc) is 2.32. The molecule has 0 aliphatic carbocycles. The van der Waals surface area contributed by atoms with Crippen molar-refractivity contribution in [2.24, 2.45) is 5.92 Å². The van der Waals surface area contributed by atoms with Crippen LogP contribution in [0.25, 0.3) is 0 Å². The zero-order chi connectivity index (χ0) is 12.1. The van der Waals surface area contributed by atoms with Crippen LogP contribution < -0.4 is 5.32 Å². The molecule has 0 aromatic heterocycles. The SMILES string of the molecule is O=S([O-])Cc1ccccc1CC1CCNCC1. The van der Waals surface area contributed by atoms with Crippen LogP contribution in [0.15, 0.2) is 24.3 Å². The number of rotatable bonds is 4. The maximum Gasteiger partial charge on any atom is 0.0355 e. The zero-order valence-electron chi connectivity index (χ0n) is 9.85. The third-order valence-electron chi connectivity index (χ3n) is 3.36. The van der Waals surface area contributed by atoms with Gasteiger partial charge in [0.1, 0.15) is 0 Å². The van der Waals surface area contributed by atoms with E-state index in [1.807, 2.05) is 18.2 Å². The van der Waals surface area contributed by atoms with Crippen LogP contribution in [0.4, 0.5) is 0 Å². The molecule has 1 aliphatic heterocycles. The summed E-state index contributed by atoms with van der Waals surface area (Å²) in [6.07, 6.45) is 3.39. The Morgan fingerprint density at radius 1 is 1.24 bits per heavy atom. The van der Waals surface area contributed by atoms with E-state index >= 15 is 0 Å². The summed E-state index contributed by atoms with van der Waals surface area (Å²) in [4.78, 5) is 0. The highest BCUT2D eigenvalue weighted by Crippen LogP contribution is 2.21. The van der Waals surface area contributed by atoms with E-state index in [0.717, 1.165) is 25.1 Å². The van der Waals surface area contributed by atoms with Crippen LogP contribution in [-0.2, 0) is 23.3 Å². The van der Waals surface area contributed by atoms with Crippen molar-refractivity contribution in [1.82, 2.24) is 5.32 Å². The Hall–Kier alpha value is -0.710. The van der Waals surface area contributed by atoms with Crippen LogP contribution in [0.2, 0.25) is 0 Å². The molecule has 17 heavy (non-hydrogen) atoms. The van der Waals surface area contributed by atoms with E-state index in [1.54, 1.807) is 0 Å². The number of piperidine rings is 1. The summed E-state index contributed by atoms with van der Waals surface area (Å²) >= 11 is -2.00. The van der Waals surface area contributed by atoms with E-state index in [1.165, 1.54) is 18.4 Å². The lowest BCUT2D eigenvalue weighted by Gasteiger charge is -2.23. The van der Waals surface area contributed by atoms with Crippen molar-refractivity contribution in [2.75, 3.05) is 13.1 Å². The molecule has 1 saturated heterocycles. The number of benzene rings is 1. The summed E-state index contributed by atoms with van der Waals surface area (Å²) in [5, 5.41) is 3.35. The van der Waals surface area contributed by atoms with Crippen LogP contribution >= 0.6 is 0 Å². The Kier molecular flexibility index (Phi) is 4.71. The lowest BCUT2D eigenvalue weighted by molar-refractivity contribution is 0.372. The predicted octanol–water partition coefficient (Wildman–Crippen LogP) is 1.61. The summed E-state index contributed by atoms with van der Waals surface area (Å²) in [6, 6.07) is 7.89. The molecular weight excluding hydrogens is 234 g/mol. The minimum Gasteiger partial charge on any atom is -0.772 e. The summed E-state index contributed by atoms with van der Waals surface area (Å²) in [6.45, 7) is 2.17. The Morgan fingerprint density at radius 3 is 2.53 bits per heavy atom. The third-order valence-corrected chi connectivity index (χ3v) is 3.91. The Bertz CT molecular complexity index is 389. The largest absolute Gasteiger partial charge is 0.772 e. The first-order valence-corrected chi connectivity index (χ1v) is 7.33. The van der Waals surface area contributed by atoms with Gasteiger partial charge in [0.05, 0.1) is 0 Å². The number of hydrogen-bond acceptors (Lipinski definition) is 3. The van der Waals surface area contributed by atoms with Gasteiger partial charge >= 0.3 is 0 Å². The van der Waals surface area contributed by atoms with Crippen LogP contribution in [0, 0.1) is 5.92 Å². The Balaban J connectivity index is 2.05. The van der Waals surface area contributed by atoms with Crippen molar-refractivity contribution in [3.8, 4) is 0 Å². The quantitative estimate of drug-likeness (QED) is 0.828. The van der Waals surface area contributed by atoms with Gasteiger partial charge in [-0.2, -0.15) is 0 Å². The van der Waals surface area contributed by atoms with Gasteiger partial charge in [-0.05, 0) is 49.4 Å². The normalized spacial score (nSPS) is 19.1. The Morgan fingerprint density at radius 2 is 1.88 bits per heavy atom. The molecule has 0 radical (unpaired) electrons. The first-order chi connectivity index (χ1) is 8.25. The van der Waals surface area contributed by atoms with Gasteiger partial charge in [0.15, 0.2) is 0 Å². The highest BCUT2D eigenvalue weighted by Gasteiger charge is 2.14. The highest BCUT2D eigenvalue weighted by atomic mass is 32.2. The van der Waals surface area contributed by atoms with Gasteiger partial charge in [0.2, 0.25) is 0 Å². The molecule has 0 spiro atoms. The first-order valence-electron chi connectivity index (χ1n) is 6.09. The number of nitrogens with one attached hydrogen (secondary N) is 1. The van der Waals surface area contributed by atoms with E-state index in [2.05, 4.69) is 11.4 Å². The molecule has 1 aromatic rings. The van der Waals surface area contributed by atoms with Gasteiger partial charge in [0.25, 0.3) is 0 Å². The molecule has 1 heterocycles. The van der Waals surface area contributed by atoms with Gasteiger partial charge in [-0.25, -0.2) is 0 Å². The maximum atomic E-state index is 10.8. The molecule has 1 unspecified atom stereocenters. The lowest BCUT2D eigenvalue weighted by Crippen LogP contribution is -2.28. The average molecular weight is 252 g/mol. The smallest absolute Gasteiger partial charge is 0.0355 e. The molecule has 94 valence electrons. The minimum atomic E-state index is -2.00. The molecule has 1 N–H and O–H groups in total. The van der Waals surface area contributed by atoms with Crippen molar-refractivity contribution in [1.29, 1.82) is 0 Å². The van der Waals surface area contributed by atoms with Crippen molar-refractivity contribution < 1.29 is 8.76 Å². The van der Waals surface area contributed by atoms with E-state index in [9.17, 15) is 8.76 Å². The fourth-order valence-electron chi connectivity index (χ4n) is 2.42. The van der Waals surface area contributed by atoms with Gasteiger partial charge in [-0.3, -0.25) is 4.21 Å². The molecule has 1 aliphatic rings. The van der Waals surface area contributed by atoms with Gasteiger partial charge in [-0.1, -0.05) is 35.3 Å². The first kappa shape index (κ1) is 12.7. The molecule has 2 rings (SSSR count). The predicted molar refractivity (Wildman–Crippen MR) is 68.4 cm³/mol. The van der Waals surface area contributed by atoms with E-state index < -0.39 is 11.1 Å². The van der Waals surface area contributed by atoms with Gasteiger partial charge < -0.3 is 9.87 Å². The molecule has 0 saturated carbocycles. The van der Waals surface area contributed by atoms with Crippen LogP contribution in [0.3, 0.4) is 0 Å². The van der Waals surface area contributed by atoms with Crippen molar-refractivity contribution in [3.63, 3.8) is 0 Å². The topological polar surface area (TPSA) is 52.2 Å². The van der Waals surface area contributed by atoms with Crippen LogP contribution in [-0.4, -0.2) is 21.9 Å². The van der Waals surface area contributed by atoms with E-state index in [0.29, 0.717) is 5.92 Å². The molecule has 3 nitrogen and oxygen atoms in total. The zero-order valence-corrected chi connectivity index (χ0v) is 10.7. The van der Waals surface area contributed by atoms with Crippen LogP contribution in [0.1, 0.15) is 24.0 Å². The highest BCUT2D eigenvalue weighted by molar-refractivity contribution is 7.78. The molecule has 1 fully saturated rings. The minimum absolute atomic E-state index is 0.140. The number of hydrogen-bond donors (Lipinski definition) is 1. The molecule has 1 aromatic carbocycles. The van der Waals surface area contributed by atoms with E-state index in [-0.39, 0.29) is 5.75 Å². The molecule has 0 bridgehead atoms. The second-order valence-electron chi connectivity index (χ2n) is 4.61. The van der Waals surface area contributed by atoms with Gasteiger partial charge in [-0.15, -0.1) is 0 Å². The van der Waals surface area contributed by atoms with Crippen molar-refractivity contribution >= 4 is 11.1 Å².